The van der Waals surface area contributed by atoms with Crippen molar-refractivity contribution in [3.05, 3.63) is 75.3 Å². The second-order valence-electron chi connectivity index (χ2n) is 4.73. The van der Waals surface area contributed by atoms with E-state index in [-0.39, 0.29) is 17.2 Å². The van der Waals surface area contributed by atoms with Gasteiger partial charge in [-0.1, -0.05) is 49.4 Å². The molecule has 1 N–H and O–H groups in total. The first-order valence-electron chi connectivity index (χ1n) is 6.60. The van der Waals surface area contributed by atoms with E-state index in [4.69, 9.17) is 0 Å². The third-order valence-electron chi connectivity index (χ3n) is 3.41. The van der Waals surface area contributed by atoms with Gasteiger partial charge >= 0.3 is 0 Å². The van der Waals surface area contributed by atoms with E-state index in [1.54, 1.807) is 6.07 Å². The molecule has 0 unspecified atom stereocenters. The fourth-order valence-electron chi connectivity index (χ4n) is 2.32. The summed E-state index contributed by atoms with van der Waals surface area (Å²) in [7, 11) is 0. The van der Waals surface area contributed by atoms with Crippen molar-refractivity contribution in [2.45, 2.75) is 19.3 Å². The molecule has 2 aromatic rings. The van der Waals surface area contributed by atoms with Crippen LogP contribution in [0.25, 0.3) is 0 Å². The molecule has 104 valence electrons. The fraction of sp³-hybridized carbons (Fsp3) is 0.250. The molecule has 20 heavy (non-hydrogen) atoms. The van der Waals surface area contributed by atoms with Gasteiger partial charge in [-0.3, -0.25) is 10.1 Å². The lowest BCUT2D eigenvalue weighted by atomic mass is 9.89. The first-order chi connectivity index (χ1) is 9.61. The van der Waals surface area contributed by atoms with Gasteiger partial charge in [0.15, 0.2) is 0 Å². The van der Waals surface area contributed by atoms with Crippen molar-refractivity contribution in [3.63, 3.8) is 0 Å². The largest absolute Gasteiger partial charge is 0.508 e. The Morgan fingerprint density at radius 3 is 2.50 bits per heavy atom. The van der Waals surface area contributed by atoms with Crippen LogP contribution in [0.5, 0.6) is 5.75 Å². The van der Waals surface area contributed by atoms with E-state index in [0.717, 1.165) is 17.5 Å². The van der Waals surface area contributed by atoms with Crippen LogP contribution in [0, 0.1) is 10.1 Å². The SMILES string of the molecule is CCc1ccc(O)c([C@@H](C[N+](=O)[O-])c2ccccc2)c1. The Morgan fingerprint density at radius 2 is 1.90 bits per heavy atom. The van der Waals surface area contributed by atoms with E-state index in [0.29, 0.717) is 5.56 Å². The minimum Gasteiger partial charge on any atom is -0.508 e. The molecule has 0 aliphatic heterocycles. The van der Waals surface area contributed by atoms with Gasteiger partial charge in [-0.2, -0.15) is 0 Å². The van der Waals surface area contributed by atoms with Crippen molar-refractivity contribution < 1.29 is 10.0 Å². The number of phenols is 1. The van der Waals surface area contributed by atoms with Crippen molar-refractivity contribution in [3.8, 4) is 5.75 Å². The van der Waals surface area contributed by atoms with Gasteiger partial charge in [0.25, 0.3) is 0 Å². The summed E-state index contributed by atoms with van der Waals surface area (Å²) < 4.78 is 0. The topological polar surface area (TPSA) is 63.4 Å². The maximum absolute atomic E-state index is 10.9. The molecule has 0 fully saturated rings. The number of hydrogen-bond acceptors (Lipinski definition) is 3. The summed E-state index contributed by atoms with van der Waals surface area (Å²) in [6.07, 6.45) is 0.827. The minimum atomic E-state index is -0.433. The first kappa shape index (κ1) is 14.1. The van der Waals surface area contributed by atoms with Crippen molar-refractivity contribution >= 4 is 0 Å². The van der Waals surface area contributed by atoms with E-state index in [1.165, 1.54) is 0 Å². The molecule has 0 aromatic heterocycles. The maximum Gasteiger partial charge on any atom is 0.214 e. The predicted octanol–water partition coefficient (Wildman–Crippen LogP) is 3.36. The van der Waals surface area contributed by atoms with Gasteiger partial charge in [0, 0.05) is 10.5 Å². The first-order valence-corrected chi connectivity index (χ1v) is 6.60. The van der Waals surface area contributed by atoms with Gasteiger partial charge in [0.2, 0.25) is 6.54 Å². The smallest absolute Gasteiger partial charge is 0.214 e. The lowest BCUT2D eigenvalue weighted by Crippen LogP contribution is -2.14. The van der Waals surface area contributed by atoms with E-state index in [1.807, 2.05) is 49.4 Å². The molecule has 0 saturated carbocycles. The highest BCUT2D eigenvalue weighted by Crippen LogP contribution is 2.32. The molecular formula is C16H17NO3. The number of nitrogens with zero attached hydrogens (tertiary/aromatic N) is 1. The predicted molar refractivity (Wildman–Crippen MR) is 77.6 cm³/mol. The molecular weight excluding hydrogens is 254 g/mol. The van der Waals surface area contributed by atoms with Gasteiger partial charge in [-0.25, -0.2) is 0 Å². The standard InChI is InChI=1S/C16H17NO3/c1-2-12-8-9-16(18)14(10-12)15(11-17(19)20)13-6-4-3-5-7-13/h3-10,15,18H,2,11H2,1H3/t15-/m0/s1. The zero-order valence-corrected chi connectivity index (χ0v) is 11.3. The van der Waals surface area contributed by atoms with Gasteiger partial charge in [-0.05, 0) is 23.6 Å². The number of nitro groups is 1. The van der Waals surface area contributed by atoms with Gasteiger partial charge in [0.1, 0.15) is 5.75 Å². The molecule has 0 aliphatic carbocycles. The highest BCUT2D eigenvalue weighted by atomic mass is 16.6. The summed E-state index contributed by atoms with van der Waals surface area (Å²) >= 11 is 0. The molecule has 2 rings (SSSR count). The van der Waals surface area contributed by atoms with Crippen LogP contribution in [-0.4, -0.2) is 16.6 Å². The highest BCUT2D eigenvalue weighted by Gasteiger charge is 2.23. The van der Waals surface area contributed by atoms with Crippen LogP contribution in [0.2, 0.25) is 0 Å². The zero-order valence-electron chi connectivity index (χ0n) is 11.3. The minimum absolute atomic E-state index is 0.109. The Kier molecular flexibility index (Phi) is 4.35. The third kappa shape index (κ3) is 3.15. The Bertz CT molecular complexity index is 596. The highest BCUT2D eigenvalue weighted by molar-refractivity contribution is 5.43. The van der Waals surface area contributed by atoms with E-state index < -0.39 is 5.92 Å². The van der Waals surface area contributed by atoms with E-state index in [2.05, 4.69) is 0 Å². The van der Waals surface area contributed by atoms with Gasteiger partial charge in [-0.15, -0.1) is 0 Å². The molecule has 0 bridgehead atoms. The van der Waals surface area contributed by atoms with E-state index >= 15 is 0 Å². The Labute approximate surface area is 117 Å². The average Bonchev–Trinajstić information content (AvgIpc) is 2.46. The number of phenolic OH excluding ortho intramolecular Hbond substituents is 1. The van der Waals surface area contributed by atoms with Crippen molar-refractivity contribution in [1.29, 1.82) is 0 Å². The second-order valence-corrected chi connectivity index (χ2v) is 4.73. The molecule has 0 aliphatic rings. The van der Waals surface area contributed by atoms with Crippen LogP contribution < -0.4 is 0 Å². The average molecular weight is 271 g/mol. The summed E-state index contributed by atoms with van der Waals surface area (Å²) in [6, 6.07) is 14.6. The second kappa shape index (κ2) is 6.19. The van der Waals surface area contributed by atoms with E-state index in [9.17, 15) is 15.2 Å². The number of aromatic hydroxyl groups is 1. The van der Waals surface area contributed by atoms with Gasteiger partial charge < -0.3 is 5.11 Å². The quantitative estimate of drug-likeness (QED) is 0.670. The lowest BCUT2D eigenvalue weighted by Gasteiger charge is -2.16. The molecule has 4 nitrogen and oxygen atoms in total. The van der Waals surface area contributed by atoms with Crippen LogP contribution in [0.1, 0.15) is 29.5 Å². The number of benzene rings is 2. The summed E-state index contributed by atoms with van der Waals surface area (Å²) in [6.45, 7) is 1.78. The lowest BCUT2D eigenvalue weighted by molar-refractivity contribution is -0.481. The summed E-state index contributed by atoms with van der Waals surface area (Å²) in [5, 5.41) is 21.0. The normalized spacial score (nSPS) is 12.1. The molecule has 4 heteroatoms. The molecule has 0 saturated heterocycles. The fourth-order valence-corrected chi connectivity index (χ4v) is 2.32. The monoisotopic (exact) mass is 271 g/mol. The Balaban J connectivity index is 2.49. The molecule has 0 amide bonds. The van der Waals surface area contributed by atoms with Crippen LogP contribution in [0.4, 0.5) is 0 Å². The Morgan fingerprint density at radius 1 is 1.20 bits per heavy atom. The molecule has 0 radical (unpaired) electrons. The van der Waals surface area contributed by atoms with Crippen molar-refractivity contribution in [1.82, 2.24) is 0 Å². The maximum atomic E-state index is 10.9. The number of rotatable bonds is 5. The van der Waals surface area contributed by atoms with Crippen molar-refractivity contribution in [2.75, 3.05) is 6.54 Å². The van der Waals surface area contributed by atoms with Crippen LogP contribution >= 0.6 is 0 Å². The molecule has 2 aromatic carbocycles. The number of aryl methyl sites for hydroxylation is 1. The van der Waals surface area contributed by atoms with Crippen molar-refractivity contribution in [2.24, 2.45) is 0 Å². The number of hydrogen-bond donors (Lipinski definition) is 1. The molecule has 1 atom stereocenters. The molecule has 0 heterocycles. The molecule has 0 spiro atoms. The summed E-state index contributed by atoms with van der Waals surface area (Å²) in [4.78, 5) is 10.6. The zero-order chi connectivity index (χ0) is 14.5. The third-order valence-corrected chi connectivity index (χ3v) is 3.41. The van der Waals surface area contributed by atoms with Crippen LogP contribution in [-0.2, 0) is 6.42 Å². The summed E-state index contributed by atoms with van der Waals surface area (Å²) in [5.74, 6) is -0.324. The van der Waals surface area contributed by atoms with Crippen LogP contribution in [0.15, 0.2) is 48.5 Å². The Hall–Kier alpha value is -2.36. The van der Waals surface area contributed by atoms with Crippen LogP contribution in [0.3, 0.4) is 0 Å². The van der Waals surface area contributed by atoms with Gasteiger partial charge in [0.05, 0.1) is 5.92 Å². The summed E-state index contributed by atoms with van der Waals surface area (Å²) in [5.41, 5.74) is 2.52.